The molecular formula is C50H48N2Zr. The fraction of sp³-hybridized carbons (Fsp3) is 0.240. The third-order valence-electron chi connectivity index (χ3n) is 11.0. The Hall–Kier alpha value is -4.46. The van der Waals surface area contributed by atoms with Crippen LogP contribution < -0.4 is 0 Å². The summed E-state index contributed by atoms with van der Waals surface area (Å²) < 4.78 is 0.661. The molecule has 6 aromatic rings. The zero-order valence-electron chi connectivity index (χ0n) is 32.3. The number of benzene rings is 4. The zero-order chi connectivity index (χ0) is 37.1. The van der Waals surface area contributed by atoms with Crippen molar-refractivity contribution in [3.63, 3.8) is 0 Å². The molecule has 0 bridgehead atoms. The molecule has 2 aliphatic rings. The van der Waals surface area contributed by atoms with Gasteiger partial charge in [0.1, 0.15) is 0 Å². The Kier molecular flexibility index (Phi) is 9.23. The molecular weight excluding hydrogens is 720 g/mol. The molecule has 0 spiro atoms. The maximum absolute atomic E-state index is 5.05. The minimum absolute atomic E-state index is 0.115. The van der Waals surface area contributed by atoms with E-state index < -0.39 is 23.2 Å². The number of aryl methyl sites for hydroxylation is 2. The SMILES string of the molecule is Cc1ccc(C2=Cc3c(-c4ccc(C(C)(C)C)cc4)cccc3[CH]2[Zr][CH]2C(c3ccc(C)cn3)=Cc3c(-c4ccc(C(C)(C)C)cc4)cccc32)nc1. The van der Waals surface area contributed by atoms with Gasteiger partial charge in [-0.1, -0.05) is 0 Å². The molecule has 0 N–H and O–H groups in total. The molecule has 0 aliphatic heterocycles. The molecule has 4 aromatic carbocycles. The molecule has 2 atom stereocenters. The summed E-state index contributed by atoms with van der Waals surface area (Å²) >= 11 is -1.32. The Balaban J connectivity index is 1.26. The molecule has 0 saturated carbocycles. The van der Waals surface area contributed by atoms with E-state index in [1.807, 2.05) is 12.4 Å². The van der Waals surface area contributed by atoms with Crippen LogP contribution in [0.3, 0.4) is 0 Å². The fourth-order valence-electron chi connectivity index (χ4n) is 7.85. The summed E-state index contributed by atoms with van der Waals surface area (Å²) in [4.78, 5) is 10.1. The van der Waals surface area contributed by atoms with Crippen LogP contribution in [0.5, 0.6) is 0 Å². The van der Waals surface area contributed by atoms with Crippen LogP contribution in [0, 0.1) is 13.8 Å². The van der Waals surface area contributed by atoms with Crippen molar-refractivity contribution < 1.29 is 23.2 Å². The van der Waals surface area contributed by atoms with E-state index in [4.69, 9.17) is 9.97 Å². The summed E-state index contributed by atoms with van der Waals surface area (Å²) in [5, 5.41) is 0. The third-order valence-corrected chi connectivity index (χ3v) is 15.7. The molecule has 2 heterocycles. The van der Waals surface area contributed by atoms with Gasteiger partial charge in [-0.3, -0.25) is 0 Å². The Morgan fingerprint density at radius 1 is 0.472 bits per heavy atom. The number of aromatic nitrogens is 2. The molecule has 2 aromatic heterocycles. The van der Waals surface area contributed by atoms with E-state index in [0.29, 0.717) is 7.25 Å². The van der Waals surface area contributed by atoms with Gasteiger partial charge in [0.25, 0.3) is 0 Å². The number of pyridine rings is 2. The van der Waals surface area contributed by atoms with Crippen LogP contribution >= 0.6 is 0 Å². The summed E-state index contributed by atoms with van der Waals surface area (Å²) in [6, 6.07) is 41.3. The molecule has 0 radical (unpaired) electrons. The maximum atomic E-state index is 5.05. The second-order valence-corrected chi connectivity index (χ2v) is 20.6. The van der Waals surface area contributed by atoms with Gasteiger partial charge >= 0.3 is 330 Å². The Bertz CT molecular complexity index is 2190. The first-order valence-electron chi connectivity index (χ1n) is 18.9. The van der Waals surface area contributed by atoms with E-state index in [2.05, 4.69) is 177 Å². The van der Waals surface area contributed by atoms with Crippen molar-refractivity contribution in [1.82, 2.24) is 9.97 Å². The third kappa shape index (κ3) is 6.90. The van der Waals surface area contributed by atoms with E-state index in [1.54, 1.807) is 0 Å². The first kappa shape index (κ1) is 35.6. The average molecular weight is 768 g/mol. The Morgan fingerprint density at radius 3 is 1.21 bits per heavy atom. The number of hydrogen-bond acceptors (Lipinski definition) is 2. The van der Waals surface area contributed by atoms with Crippen molar-refractivity contribution in [2.75, 3.05) is 0 Å². The van der Waals surface area contributed by atoms with Gasteiger partial charge in [-0.25, -0.2) is 0 Å². The second kappa shape index (κ2) is 13.8. The van der Waals surface area contributed by atoms with Gasteiger partial charge in [0.05, 0.1) is 0 Å². The molecule has 0 amide bonds. The monoisotopic (exact) mass is 766 g/mol. The molecule has 2 nitrogen and oxygen atoms in total. The quantitative estimate of drug-likeness (QED) is 0.169. The summed E-state index contributed by atoms with van der Waals surface area (Å²) in [5.74, 6) is 0. The van der Waals surface area contributed by atoms with Crippen LogP contribution in [-0.2, 0) is 34.1 Å². The van der Waals surface area contributed by atoms with Crippen LogP contribution in [0.4, 0.5) is 0 Å². The van der Waals surface area contributed by atoms with E-state index in [9.17, 15) is 0 Å². The normalized spacial score (nSPS) is 16.5. The first-order valence-corrected chi connectivity index (χ1v) is 21.7. The van der Waals surface area contributed by atoms with Gasteiger partial charge in [-0.15, -0.1) is 0 Å². The van der Waals surface area contributed by atoms with Crippen LogP contribution in [0.2, 0.25) is 0 Å². The van der Waals surface area contributed by atoms with Crippen molar-refractivity contribution in [2.24, 2.45) is 0 Å². The van der Waals surface area contributed by atoms with E-state index in [-0.39, 0.29) is 10.8 Å². The number of fused-ring (bicyclic) bond motifs is 2. The van der Waals surface area contributed by atoms with Crippen molar-refractivity contribution in [3.05, 3.63) is 177 Å². The molecule has 2 unspecified atom stereocenters. The van der Waals surface area contributed by atoms with Crippen molar-refractivity contribution in [1.29, 1.82) is 0 Å². The predicted octanol–water partition coefficient (Wildman–Crippen LogP) is 13.0. The van der Waals surface area contributed by atoms with Gasteiger partial charge in [-0.2, -0.15) is 0 Å². The molecule has 53 heavy (non-hydrogen) atoms. The number of rotatable bonds is 6. The molecule has 0 saturated heterocycles. The summed E-state index contributed by atoms with van der Waals surface area (Å²) in [6.07, 6.45) is 9.00. The second-order valence-electron chi connectivity index (χ2n) is 16.9. The summed E-state index contributed by atoms with van der Waals surface area (Å²) in [7, 11) is 0. The molecule has 0 fully saturated rings. The number of nitrogens with zero attached hydrogens (tertiary/aromatic N) is 2. The van der Waals surface area contributed by atoms with Crippen LogP contribution in [0.1, 0.15) is 105 Å². The molecule has 3 heteroatoms. The Morgan fingerprint density at radius 2 is 0.868 bits per heavy atom. The average Bonchev–Trinajstić information content (AvgIpc) is 3.70. The zero-order valence-corrected chi connectivity index (χ0v) is 34.7. The van der Waals surface area contributed by atoms with Gasteiger partial charge in [0.2, 0.25) is 0 Å². The molecule has 2 aliphatic carbocycles. The fourth-order valence-corrected chi connectivity index (χ4v) is 12.8. The topological polar surface area (TPSA) is 25.8 Å². The summed E-state index contributed by atoms with van der Waals surface area (Å²) in [5.41, 5.74) is 21.0. The Labute approximate surface area is 327 Å². The summed E-state index contributed by atoms with van der Waals surface area (Å²) in [6.45, 7) is 17.9. The van der Waals surface area contributed by atoms with Crippen molar-refractivity contribution in [2.45, 2.75) is 73.5 Å². The molecule has 8 rings (SSSR count). The van der Waals surface area contributed by atoms with Crippen LogP contribution in [0.25, 0.3) is 45.6 Å². The predicted molar refractivity (Wildman–Crippen MR) is 220 cm³/mol. The van der Waals surface area contributed by atoms with Crippen molar-refractivity contribution >= 4 is 23.3 Å². The van der Waals surface area contributed by atoms with Crippen molar-refractivity contribution in [3.8, 4) is 22.3 Å². The molecule has 262 valence electrons. The van der Waals surface area contributed by atoms with Gasteiger partial charge in [0, 0.05) is 0 Å². The standard InChI is InChI=1S/2C25H24N.Zr/c2*1-17-8-13-24(26-16-17)20-14-19-6-5-7-22(23(19)15-20)18-9-11-21(12-10-18)25(2,3)4;/h2*5-16H,1-4H3;. The first-order chi connectivity index (χ1) is 25.3. The van der Waals surface area contributed by atoms with E-state index >= 15 is 0 Å². The van der Waals surface area contributed by atoms with Crippen LogP contribution in [-0.4, -0.2) is 9.97 Å². The van der Waals surface area contributed by atoms with E-state index in [0.717, 1.165) is 11.4 Å². The van der Waals surface area contributed by atoms with Gasteiger partial charge < -0.3 is 0 Å². The number of hydrogen-bond donors (Lipinski definition) is 0. The minimum atomic E-state index is -1.32. The van der Waals surface area contributed by atoms with E-state index in [1.165, 1.54) is 77.9 Å². The van der Waals surface area contributed by atoms with Gasteiger partial charge in [-0.05, 0) is 0 Å². The van der Waals surface area contributed by atoms with Crippen LogP contribution in [0.15, 0.2) is 122 Å². The number of allylic oxidation sites excluding steroid dienone is 2. The van der Waals surface area contributed by atoms with Gasteiger partial charge in [0.15, 0.2) is 0 Å².